The first kappa shape index (κ1) is 18.1. The number of thiazole rings is 1. The minimum atomic E-state index is -0.110. The summed E-state index contributed by atoms with van der Waals surface area (Å²) in [6.45, 7) is 5.95. The van der Waals surface area contributed by atoms with Gasteiger partial charge in [-0.2, -0.15) is 0 Å². The van der Waals surface area contributed by atoms with Crippen LogP contribution in [0.2, 0.25) is 0 Å². The predicted octanol–water partition coefficient (Wildman–Crippen LogP) is 0.706. The number of aryl methyl sites for hydroxylation is 1. The Labute approximate surface area is 151 Å². The first-order valence-corrected chi connectivity index (χ1v) is 9.73. The van der Waals surface area contributed by atoms with Crippen LogP contribution in [0.15, 0.2) is 10.2 Å². The van der Waals surface area contributed by atoms with Crippen molar-refractivity contribution in [3.63, 3.8) is 0 Å². The topological polar surface area (TPSA) is 71.9 Å². The summed E-state index contributed by atoms with van der Waals surface area (Å²) in [7, 11) is 0. The molecule has 2 saturated heterocycles. The zero-order chi connectivity index (χ0) is 17.8. The second-order valence-electron chi connectivity index (χ2n) is 6.66. The van der Waals surface area contributed by atoms with Gasteiger partial charge in [0.2, 0.25) is 11.8 Å². The van der Waals surface area contributed by atoms with Crippen LogP contribution in [0, 0.1) is 12.8 Å². The lowest BCUT2D eigenvalue weighted by molar-refractivity contribution is -0.144. The van der Waals surface area contributed by atoms with Crippen molar-refractivity contribution in [2.24, 2.45) is 5.92 Å². The minimum Gasteiger partial charge on any atom is -0.378 e. The molecule has 2 aliphatic heterocycles. The molecule has 3 heterocycles. The fraction of sp³-hybridized carbons (Fsp3) is 0.706. The van der Waals surface area contributed by atoms with E-state index in [0.717, 1.165) is 29.9 Å². The fourth-order valence-corrected chi connectivity index (χ4v) is 4.25. The highest BCUT2D eigenvalue weighted by Crippen LogP contribution is 2.20. The van der Waals surface area contributed by atoms with Crippen molar-refractivity contribution < 1.29 is 14.3 Å². The largest absolute Gasteiger partial charge is 0.378 e. The molecule has 25 heavy (non-hydrogen) atoms. The molecular weight excluding hydrogens is 342 g/mol. The van der Waals surface area contributed by atoms with E-state index in [1.165, 1.54) is 0 Å². The van der Waals surface area contributed by atoms with Crippen LogP contribution < -0.4 is 4.87 Å². The van der Waals surface area contributed by atoms with Crippen molar-refractivity contribution in [1.82, 2.24) is 14.4 Å². The molecule has 2 aliphatic rings. The highest BCUT2D eigenvalue weighted by atomic mass is 32.1. The number of amides is 2. The minimum absolute atomic E-state index is 0.0238. The normalized spacial score (nSPS) is 21.4. The number of aromatic nitrogens is 1. The number of rotatable bonds is 4. The Morgan fingerprint density at radius 1 is 1.24 bits per heavy atom. The van der Waals surface area contributed by atoms with Gasteiger partial charge in [0.1, 0.15) is 0 Å². The Hall–Kier alpha value is -1.67. The second kappa shape index (κ2) is 8.14. The maximum absolute atomic E-state index is 12.6. The van der Waals surface area contributed by atoms with Crippen molar-refractivity contribution >= 4 is 23.2 Å². The van der Waals surface area contributed by atoms with Crippen LogP contribution in [-0.2, 0) is 20.9 Å². The van der Waals surface area contributed by atoms with Gasteiger partial charge in [-0.25, -0.2) is 0 Å². The van der Waals surface area contributed by atoms with Crippen molar-refractivity contribution in [2.75, 3.05) is 39.4 Å². The molecule has 0 radical (unpaired) electrons. The van der Waals surface area contributed by atoms with Crippen LogP contribution in [0.1, 0.15) is 25.0 Å². The molecule has 138 valence electrons. The molecule has 0 bridgehead atoms. The third-order valence-corrected chi connectivity index (χ3v) is 5.85. The summed E-state index contributed by atoms with van der Waals surface area (Å²) in [5.41, 5.74) is 0.891. The molecular formula is C17H25N3O4S. The Balaban J connectivity index is 1.54. The number of hydrogen-bond donors (Lipinski definition) is 0. The van der Waals surface area contributed by atoms with Gasteiger partial charge in [-0.05, 0) is 19.8 Å². The lowest BCUT2D eigenvalue weighted by atomic mass is 9.96. The number of morpholine rings is 1. The molecule has 7 nitrogen and oxygen atoms in total. The average molecular weight is 367 g/mol. The fourth-order valence-electron chi connectivity index (χ4n) is 3.49. The smallest absolute Gasteiger partial charge is 0.307 e. The van der Waals surface area contributed by atoms with Gasteiger partial charge in [0.25, 0.3) is 0 Å². The molecule has 1 aromatic rings. The van der Waals surface area contributed by atoms with E-state index < -0.39 is 0 Å². The zero-order valence-corrected chi connectivity index (χ0v) is 15.4. The van der Waals surface area contributed by atoms with E-state index in [1.807, 2.05) is 17.2 Å². The lowest BCUT2D eigenvalue weighted by Gasteiger charge is -2.36. The van der Waals surface area contributed by atoms with Crippen LogP contribution in [0.4, 0.5) is 0 Å². The molecule has 2 fully saturated rings. The van der Waals surface area contributed by atoms with Gasteiger partial charge in [0.05, 0.1) is 19.1 Å². The molecule has 8 heteroatoms. The standard InChI is InChI=1S/C17H25N3O4S/c1-13-12-25-17(23)20(13)6-4-15(21)19-5-2-3-14(11-19)16(22)18-7-9-24-10-8-18/h12,14H,2-11H2,1H3. The van der Waals surface area contributed by atoms with Gasteiger partial charge in [-0.3, -0.25) is 14.4 Å². The van der Waals surface area contributed by atoms with Gasteiger partial charge in [-0.15, -0.1) is 0 Å². The summed E-state index contributed by atoms with van der Waals surface area (Å²) in [4.78, 5) is 40.5. The van der Waals surface area contributed by atoms with Gasteiger partial charge < -0.3 is 19.1 Å². The Morgan fingerprint density at radius 3 is 2.68 bits per heavy atom. The van der Waals surface area contributed by atoms with Gasteiger partial charge >= 0.3 is 4.87 Å². The van der Waals surface area contributed by atoms with Crippen LogP contribution in [0.25, 0.3) is 0 Å². The number of hydrogen-bond acceptors (Lipinski definition) is 5. The maximum Gasteiger partial charge on any atom is 0.307 e. The quantitative estimate of drug-likeness (QED) is 0.786. The summed E-state index contributed by atoms with van der Waals surface area (Å²) in [6.07, 6.45) is 1.99. The second-order valence-corrected chi connectivity index (χ2v) is 7.48. The highest BCUT2D eigenvalue weighted by molar-refractivity contribution is 7.07. The Kier molecular flexibility index (Phi) is 5.90. The van der Waals surface area contributed by atoms with Gasteiger partial charge in [0.15, 0.2) is 0 Å². The number of nitrogens with zero attached hydrogens (tertiary/aromatic N) is 3. The Morgan fingerprint density at radius 2 is 2.00 bits per heavy atom. The number of ether oxygens (including phenoxy) is 1. The van der Waals surface area contributed by atoms with E-state index in [2.05, 4.69) is 0 Å². The third kappa shape index (κ3) is 4.30. The van der Waals surface area contributed by atoms with E-state index in [1.54, 1.807) is 9.47 Å². The van der Waals surface area contributed by atoms with E-state index >= 15 is 0 Å². The summed E-state index contributed by atoms with van der Waals surface area (Å²) in [6, 6.07) is 0. The summed E-state index contributed by atoms with van der Waals surface area (Å²) < 4.78 is 6.94. The Bertz CT molecular complexity index is 678. The number of piperidine rings is 1. The van der Waals surface area contributed by atoms with Gasteiger partial charge in [-0.1, -0.05) is 11.3 Å². The molecule has 0 saturated carbocycles. The van der Waals surface area contributed by atoms with Crippen LogP contribution in [-0.4, -0.2) is 65.6 Å². The SMILES string of the molecule is Cc1csc(=O)n1CCC(=O)N1CCCC(C(=O)N2CCOCC2)C1. The van der Waals surface area contributed by atoms with Crippen LogP contribution in [0.5, 0.6) is 0 Å². The van der Waals surface area contributed by atoms with E-state index in [4.69, 9.17) is 4.74 Å². The summed E-state index contributed by atoms with van der Waals surface area (Å²) >= 11 is 1.16. The predicted molar refractivity (Wildman–Crippen MR) is 94.6 cm³/mol. The zero-order valence-electron chi connectivity index (χ0n) is 14.6. The monoisotopic (exact) mass is 367 g/mol. The molecule has 0 N–H and O–H groups in total. The highest BCUT2D eigenvalue weighted by Gasteiger charge is 2.31. The molecule has 0 aliphatic carbocycles. The molecule has 1 aromatic heterocycles. The molecule has 0 spiro atoms. The first-order valence-electron chi connectivity index (χ1n) is 8.85. The molecule has 2 amide bonds. The van der Waals surface area contributed by atoms with E-state index in [0.29, 0.717) is 52.4 Å². The van der Waals surface area contributed by atoms with Crippen molar-refractivity contribution in [1.29, 1.82) is 0 Å². The first-order chi connectivity index (χ1) is 12.1. The maximum atomic E-state index is 12.6. The van der Waals surface area contributed by atoms with Crippen LogP contribution in [0.3, 0.4) is 0 Å². The average Bonchev–Trinajstić information content (AvgIpc) is 2.98. The van der Waals surface area contributed by atoms with E-state index in [-0.39, 0.29) is 22.6 Å². The van der Waals surface area contributed by atoms with Crippen molar-refractivity contribution in [2.45, 2.75) is 32.7 Å². The lowest BCUT2D eigenvalue weighted by Crippen LogP contribution is -2.49. The summed E-state index contributed by atoms with van der Waals surface area (Å²) in [5, 5.41) is 1.81. The number of carbonyl (C=O) groups excluding carboxylic acids is 2. The van der Waals surface area contributed by atoms with Crippen molar-refractivity contribution in [3.05, 3.63) is 20.7 Å². The van der Waals surface area contributed by atoms with E-state index in [9.17, 15) is 14.4 Å². The molecule has 1 unspecified atom stereocenters. The third-order valence-electron chi connectivity index (χ3n) is 4.97. The summed E-state index contributed by atoms with van der Waals surface area (Å²) in [5.74, 6) is 0.0593. The van der Waals surface area contributed by atoms with Crippen LogP contribution >= 0.6 is 11.3 Å². The molecule has 3 rings (SSSR count). The number of likely N-dealkylation sites (tertiary alicyclic amines) is 1. The molecule has 0 aromatic carbocycles. The molecule has 1 atom stereocenters. The van der Waals surface area contributed by atoms with Crippen molar-refractivity contribution in [3.8, 4) is 0 Å². The number of carbonyl (C=O) groups is 2. The van der Waals surface area contributed by atoms with Gasteiger partial charge in [0, 0.05) is 50.2 Å².